The fourth-order valence-electron chi connectivity index (χ4n) is 1.51. The van der Waals surface area contributed by atoms with E-state index in [1.54, 1.807) is 26.0 Å². The second kappa shape index (κ2) is 5.86. The summed E-state index contributed by atoms with van der Waals surface area (Å²) in [6.45, 7) is 3.64. The minimum absolute atomic E-state index is 0.0726. The van der Waals surface area contributed by atoms with Gasteiger partial charge in [-0.3, -0.25) is 0 Å². The second-order valence-corrected chi connectivity index (χ2v) is 6.47. The lowest BCUT2D eigenvalue weighted by Crippen LogP contribution is -2.17. The predicted octanol–water partition coefficient (Wildman–Crippen LogP) is 1.54. The Morgan fingerprint density at radius 3 is 2.56 bits per heavy atom. The molecule has 0 aliphatic heterocycles. The van der Waals surface area contributed by atoms with Crippen molar-refractivity contribution in [3.63, 3.8) is 0 Å². The predicted molar refractivity (Wildman–Crippen MR) is 71.0 cm³/mol. The number of aromatic carboxylic acids is 1. The SMILES string of the molecule is CCS(=O)(=O)CCNc1ccc(C(=O)O)c(C)c1. The highest BCUT2D eigenvalue weighted by Gasteiger charge is 2.08. The van der Waals surface area contributed by atoms with Gasteiger partial charge in [0.1, 0.15) is 0 Å². The van der Waals surface area contributed by atoms with Crippen molar-refractivity contribution in [3.8, 4) is 0 Å². The van der Waals surface area contributed by atoms with Crippen LogP contribution in [0.1, 0.15) is 22.8 Å². The van der Waals surface area contributed by atoms with Crippen molar-refractivity contribution < 1.29 is 18.3 Å². The minimum Gasteiger partial charge on any atom is -0.478 e. The van der Waals surface area contributed by atoms with Crippen LogP contribution in [0, 0.1) is 6.92 Å². The molecule has 1 aromatic rings. The molecule has 0 radical (unpaired) electrons. The van der Waals surface area contributed by atoms with Crippen LogP contribution in [0.5, 0.6) is 0 Å². The average molecular weight is 271 g/mol. The first-order valence-corrected chi connectivity index (χ1v) is 7.46. The molecule has 0 saturated heterocycles. The molecule has 0 unspecified atom stereocenters. The maximum Gasteiger partial charge on any atom is 0.335 e. The van der Waals surface area contributed by atoms with Crippen LogP contribution in [0.15, 0.2) is 18.2 Å². The third-order valence-corrected chi connectivity index (χ3v) is 4.34. The summed E-state index contributed by atoms with van der Waals surface area (Å²) in [6, 6.07) is 4.84. The van der Waals surface area contributed by atoms with Crippen LogP contribution in [-0.2, 0) is 9.84 Å². The molecule has 6 heteroatoms. The fourth-order valence-corrected chi connectivity index (χ4v) is 2.21. The molecular weight excluding hydrogens is 254 g/mol. The quantitative estimate of drug-likeness (QED) is 0.820. The van der Waals surface area contributed by atoms with Gasteiger partial charge in [-0.1, -0.05) is 6.92 Å². The van der Waals surface area contributed by atoms with Crippen molar-refractivity contribution in [2.45, 2.75) is 13.8 Å². The van der Waals surface area contributed by atoms with E-state index in [0.717, 1.165) is 5.69 Å². The molecule has 0 aliphatic rings. The van der Waals surface area contributed by atoms with E-state index in [0.29, 0.717) is 12.1 Å². The zero-order chi connectivity index (χ0) is 13.8. The van der Waals surface area contributed by atoms with Crippen LogP contribution >= 0.6 is 0 Å². The number of hydrogen-bond acceptors (Lipinski definition) is 4. The van der Waals surface area contributed by atoms with Gasteiger partial charge in [-0.15, -0.1) is 0 Å². The first-order valence-electron chi connectivity index (χ1n) is 5.64. The van der Waals surface area contributed by atoms with Gasteiger partial charge >= 0.3 is 5.97 Å². The first-order chi connectivity index (χ1) is 8.35. The third-order valence-electron chi connectivity index (χ3n) is 2.64. The molecule has 18 heavy (non-hydrogen) atoms. The van der Waals surface area contributed by atoms with E-state index in [-0.39, 0.29) is 17.1 Å². The topological polar surface area (TPSA) is 83.5 Å². The van der Waals surface area contributed by atoms with Crippen molar-refractivity contribution in [1.82, 2.24) is 0 Å². The van der Waals surface area contributed by atoms with Crippen LogP contribution in [0.2, 0.25) is 0 Å². The molecule has 0 aliphatic carbocycles. The van der Waals surface area contributed by atoms with Gasteiger partial charge in [-0.05, 0) is 30.7 Å². The summed E-state index contributed by atoms with van der Waals surface area (Å²) >= 11 is 0. The third kappa shape index (κ3) is 4.03. The number of aryl methyl sites for hydroxylation is 1. The van der Waals surface area contributed by atoms with Crippen molar-refractivity contribution in [3.05, 3.63) is 29.3 Å². The van der Waals surface area contributed by atoms with Gasteiger partial charge in [0.2, 0.25) is 0 Å². The van der Waals surface area contributed by atoms with E-state index in [1.807, 2.05) is 0 Å². The molecule has 5 nitrogen and oxygen atoms in total. The van der Waals surface area contributed by atoms with Crippen molar-refractivity contribution in [1.29, 1.82) is 0 Å². The standard InChI is InChI=1S/C12H17NO4S/c1-3-18(16,17)7-6-13-10-4-5-11(12(14)15)9(2)8-10/h4-5,8,13H,3,6-7H2,1-2H3,(H,14,15). The Morgan fingerprint density at radius 1 is 1.39 bits per heavy atom. The van der Waals surface area contributed by atoms with Crippen LogP contribution in [0.3, 0.4) is 0 Å². The number of carboxylic acids is 1. The highest BCUT2D eigenvalue weighted by atomic mass is 32.2. The Morgan fingerprint density at radius 2 is 2.06 bits per heavy atom. The molecule has 2 N–H and O–H groups in total. The Kier molecular flexibility index (Phi) is 4.72. The number of carbonyl (C=O) groups is 1. The highest BCUT2D eigenvalue weighted by Crippen LogP contribution is 2.15. The summed E-state index contributed by atoms with van der Waals surface area (Å²) in [6.07, 6.45) is 0. The van der Waals surface area contributed by atoms with E-state index in [4.69, 9.17) is 5.11 Å². The van der Waals surface area contributed by atoms with Crippen molar-refractivity contribution >= 4 is 21.5 Å². The summed E-state index contributed by atoms with van der Waals surface area (Å²) in [4.78, 5) is 10.8. The van der Waals surface area contributed by atoms with Crippen LogP contribution in [0.4, 0.5) is 5.69 Å². The van der Waals surface area contributed by atoms with Gasteiger partial charge in [0, 0.05) is 18.0 Å². The number of carboxylic acid groups (broad SMARTS) is 1. The van der Waals surface area contributed by atoms with E-state index in [1.165, 1.54) is 6.07 Å². The number of hydrogen-bond donors (Lipinski definition) is 2. The maximum atomic E-state index is 11.3. The maximum absolute atomic E-state index is 11.3. The molecule has 0 atom stereocenters. The Hall–Kier alpha value is -1.56. The molecule has 0 heterocycles. The lowest BCUT2D eigenvalue weighted by Gasteiger charge is -2.08. The molecule has 0 bridgehead atoms. The van der Waals surface area contributed by atoms with Gasteiger partial charge in [-0.2, -0.15) is 0 Å². The minimum atomic E-state index is -2.98. The molecule has 100 valence electrons. The number of benzene rings is 1. The molecule has 0 aromatic heterocycles. The lowest BCUT2D eigenvalue weighted by atomic mass is 10.1. The van der Waals surface area contributed by atoms with Gasteiger partial charge < -0.3 is 10.4 Å². The van der Waals surface area contributed by atoms with Gasteiger partial charge in [0.25, 0.3) is 0 Å². The van der Waals surface area contributed by atoms with E-state index >= 15 is 0 Å². The molecular formula is C12H17NO4S. The lowest BCUT2D eigenvalue weighted by molar-refractivity contribution is 0.0696. The van der Waals surface area contributed by atoms with Crippen LogP contribution in [0.25, 0.3) is 0 Å². The normalized spacial score (nSPS) is 11.2. The number of anilines is 1. The van der Waals surface area contributed by atoms with E-state index in [2.05, 4.69) is 5.32 Å². The van der Waals surface area contributed by atoms with E-state index in [9.17, 15) is 13.2 Å². The smallest absolute Gasteiger partial charge is 0.335 e. The summed E-state index contributed by atoms with van der Waals surface area (Å²) in [5.41, 5.74) is 1.62. The second-order valence-electron chi connectivity index (χ2n) is 4.00. The zero-order valence-electron chi connectivity index (χ0n) is 10.4. The number of nitrogens with one attached hydrogen (secondary N) is 1. The fraction of sp³-hybridized carbons (Fsp3) is 0.417. The first kappa shape index (κ1) is 14.5. The molecule has 0 fully saturated rings. The number of sulfone groups is 1. The van der Waals surface area contributed by atoms with Gasteiger partial charge in [0.05, 0.1) is 11.3 Å². The zero-order valence-corrected chi connectivity index (χ0v) is 11.3. The molecule has 1 rings (SSSR count). The highest BCUT2D eigenvalue weighted by molar-refractivity contribution is 7.91. The van der Waals surface area contributed by atoms with Crippen molar-refractivity contribution in [2.75, 3.05) is 23.4 Å². The van der Waals surface area contributed by atoms with Crippen molar-refractivity contribution in [2.24, 2.45) is 0 Å². The Bertz CT molecular complexity index is 537. The summed E-state index contributed by atoms with van der Waals surface area (Å²) in [5.74, 6) is -0.762. The summed E-state index contributed by atoms with van der Waals surface area (Å²) in [7, 11) is -2.98. The Balaban J connectivity index is 2.65. The number of rotatable bonds is 6. The van der Waals surface area contributed by atoms with Gasteiger partial charge in [-0.25, -0.2) is 13.2 Å². The monoisotopic (exact) mass is 271 g/mol. The summed E-state index contributed by atoms with van der Waals surface area (Å²) in [5, 5.41) is 11.8. The molecule has 0 spiro atoms. The van der Waals surface area contributed by atoms with Crippen LogP contribution < -0.4 is 5.32 Å². The molecule has 0 amide bonds. The van der Waals surface area contributed by atoms with Crippen LogP contribution in [-0.4, -0.2) is 37.5 Å². The largest absolute Gasteiger partial charge is 0.478 e. The summed E-state index contributed by atoms with van der Waals surface area (Å²) < 4.78 is 22.6. The average Bonchev–Trinajstić information content (AvgIpc) is 2.28. The molecule has 0 saturated carbocycles. The van der Waals surface area contributed by atoms with E-state index < -0.39 is 15.8 Å². The van der Waals surface area contributed by atoms with Gasteiger partial charge in [0.15, 0.2) is 9.84 Å². The molecule has 1 aromatic carbocycles. The Labute approximate surface area is 107 Å².